The molecule has 0 saturated heterocycles. The minimum atomic E-state index is 0.173. The summed E-state index contributed by atoms with van der Waals surface area (Å²) < 4.78 is 12.3. The molecule has 0 amide bonds. The number of benzene rings is 1. The molecule has 5 heteroatoms. The van der Waals surface area contributed by atoms with Crippen LogP contribution in [0.15, 0.2) is 30.6 Å². The largest absolute Gasteiger partial charge is 0.493 e. The molecule has 0 aliphatic rings. The molecular formula is C14H19N3O2. The Morgan fingerprint density at radius 2 is 1.95 bits per heavy atom. The molecule has 1 atom stereocenters. The van der Waals surface area contributed by atoms with Crippen LogP contribution < -0.4 is 14.8 Å². The Morgan fingerprint density at radius 1 is 1.21 bits per heavy atom. The van der Waals surface area contributed by atoms with Crippen molar-refractivity contribution in [3.63, 3.8) is 0 Å². The zero-order valence-corrected chi connectivity index (χ0v) is 11.7. The Hall–Kier alpha value is -2.17. The van der Waals surface area contributed by atoms with Crippen molar-refractivity contribution in [3.05, 3.63) is 36.2 Å². The van der Waals surface area contributed by atoms with E-state index in [4.69, 9.17) is 9.47 Å². The van der Waals surface area contributed by atoms with Gasteiger partial charge in [-0.2, -0.15) is 5.10 Å². The van der Waals surface area contributed by atoms with E-state index in [0.717, 1.165) is 17.0 Å². The van der Waals surface area contributed by atoms with Gasteiger partial charge in [0.15, 0.2) is 11.5 Å². The van der Waals surface area contributed by atoms with Gasteiger partial charge in [-0.25, -0.2) is 0 Å². The third-order valence-electron chi connectivity index (χ3n) is 2.99. The smallest absolute Gasteiger partial charge is 0.162 e. The summed E-state index contributed by atoms with van der Waals surface area (Å²) in [7, 11) is 5.17. The highest BCUT2D eigenvalue weighted by molar-refractivity contribution is 5.55. The first-order valence-corrected chi connectivity index (χ1v) is 6.11. The van der Waals surface area contributed by atoms with Gasteiger partial charge in [0.1, 0.15) is 0 Å². The van der Waals surface area contributed by atoms with Gasteiger partial charge in [0.25, 0.3) is 0 Å². The van der Waals surface area contributed by atoms with Crippen molar-refractivity contribution in [2.24, 2.45) is 7.05 Å². The van der Waals surface area contributed by atoms with Crippen LogP contribution in [0.2, 0.25) is 0 Å². The van der Waals surface area contributed by atoms with Crippen LogP contribution in [0.4, 0.5) is 5.69 Å². The molecule has 2 aromatic rings. The lowest BCUT2D eigenvalue weighted by atomic mass is 10.1. The van der Waals surface area contributed by atoms with Crippen molar-refractivity contribution in [2.75, 3.05) is 19.5 Å². The van der Waals surface area contributed by atoms with Gasteiger partial charge in [-0.3, -0.25) is 4.68 Å². The second-order valence-corrected chi connectivity index (χ2v) is 4.38. The van der Waals surface area contributed by atoms with Crippen molar-refractivity contribution in [3.8, 4) is 11.5 Å². The van der Waals surface area contributed by atoms with Gasteiger partial charge >= 0.3 is 0 Å². The lowest BCUT2D eigenvalue weighted by Gasteiger charge is -2.15. The predicted molar refractivity (Wildman–Crippen MR) is 74.8 cm³/mol. The number of rotatable bonds is 5. The summed E-state index contributed by atoms with van der Waals surface area (Å²) in [6, 6.07) is 5.95. The van der Waals surface area contributed by atoms with Crippen LogP contribution in [0.1, 0.15) is 18.5 Å². The van der Waals surface area contributed by atoms with Crippen LogP contribution >= 0.6 is 0 Å². The highest BCUT2D eigenvalue weighted by Gasteiger charge is 2.09. The first-order valence-electron chi connectivity index (χ1n) is 6.11. The average Bonchev–Trinajstić information content (AvgIpc) is 2.85. The fourth-order valence-electron chi connectivity index (χ4n) is 1.92. The molecule has 1 aromatic heterocycles. The quantitative estimate of drug-likeness (QED) is 0.898. The van der Waals surface area contributed by atoms with Crippen LogP contribution in [0.25, 0.3) is 0 Å². The molecule has 5 nitrogen and oxygen atoms in total. The number of hydrogen-bond donors (Lipinski definition) is 1. The first kappa shape index (κ1) is 13.3. The zero-order chi connectivity index (χ0) is 13.8. The Balaban J connectivity index is 2.14. The Labute approximate surface area is 113 Å². The van der Waals surface area contributed by atoms with E-state index >= 15 is 0 Å². The van der Waals surface area contributed by atoms with Gasteiger partial charge in [-0.15, -0.1) is 0 Å². The summed E-state index contributed by atoms with van der Waals surface area (Å²) in [5, 5.41) is 7.58. The fraction of sp³-hybridized carbons (Fsp3) is 0.357. The molecule has 1 aromatic carbocycles. The lowest BCUT2D eigenvalue weighted by molar-refractivity contribution is 0.355. The van der Waals surface area contributed by atoms with E-state index in [1.165, 1.54) is 0 Å². The van der Waals surface area contributed by atoms with Gasteiger partial charge in [0.2, 0.25) is 0 Å². The molecule has 1 N–H and O–H groups in total. The minimum absolute atomic E-state index is 0.173. The SMILES string of the molecule is COc1ccc(NC(C)c2cnn(C)c2)cc1OC. The topological polar surface area (TPSA) is 48.3 Å². The second kappa shape index (κ2) is 5.65. The van der Waals surface area contributed by atoms with Crippen LogP contribution in [0, 0.1) is 0 Å². The molecule has 0 spiro atoms. The van der Waals surface area contributed by atoms with Gasteiger partial charge in [-0.05, 0) is 19.1 Å². The van der Waals surface area contributed by atoms with Crippen molar-refractivity contribution >= 4 is 5.69 Å². The number of nitrogens with zero attached hydrogens (tertiary/aromatic N) is 2. The van der Waals surface area contributed by atoms with E-state index in [2.05, 4.69) is 17.3 Å². The summed E-state index contributed by atoms with van der Waals surface area (Å²) in [5.41, 5.74) is 2.12. The number of hydrogen-bond acceptors (Lipinski definition) is 4. The second-order valence-electron chi connectivity index (χ2n) is 4.38. The lowest BCUT2D eigenvalue weighted by Crippen LogP contribution is -2.06. The Morgan fingerprint density at radius 3 is 2.53 bits per heavy atom. The van der Waals surface area contributed by atoms with Crippen LogP contribution in [-0.4, -0.2) is 24.0 Å². The van der Waals surface area contributed by atoms with E-state index < -0.39 is 0 Å². The Kier molecular flexibility index (Phi) is 3.94. The number of aromatic nitrogens is 2. The molecule has 1 unspecified atom stereocenters. The van der Waals surface area contributed by atoms with Crippen molar-refractivity contribution < 1.29 is 9.47 Å². The molecular weight excluding hydrogens is 242 g/mol. The Bertz CT molecular complexity index is 551. The summed E-state index contributed by atoms with van der Waals surface area (Å²) in [6.07, 6.45) is 3.86. The summed E-state index contributed by atoms with van der Waals surface area (Å²) in [6.45, 7) is 2.09. The van der Waals surface area contributed by atoms with E-state index in [9.17, 15) is 0 Å². The summed E-state index contributed by atoms with van der Waals surface area (Å²) in [5.74, 6) is 1.44. The molecule has 0 bridgehead atoms. The average molecular weight is 261 g/mol. The standard InChI is InChI=1S/C14H19N3O2/c1-10(11-8-15-17(2)9-11)16-12-5-6-13(18-3)14(7-12)19-4/h5-10,16H,1-4H3. The van der Waals surface area contributed by atoms with Gasteiger partial charge in [0, 0.05) is 30.6 Å². The van der Waals surface area contributed by atoms with Crippen molar-refractivity contribution in [2.45, 2.75) is 13.0 Å². The molecule has 102 valence electrons. The van der Waals surface area contributed by atoms with Gasteiger partial charge < -0.3 is 14.8 Å². The molecule has 0 aliphatic heterocycles. The molecule has 0 saturated carbocycles. The van der Waals surface area contributed by atoms with Gasteiger partial charge in [-0.1, -0.05) is 0 Å². The van der Waals surface area contributed by atoms with Crippen molar-refractivity contribution in [1.82, 2.24) is 9.78 Å². The van der Waals surface area contributed by atoms with E-state index in [1.54, 1.807) is 18.9 Å². The number of aryl methyl sites for hydroxylation is 1. The maximum Gasteiger partial charge on any atom is 0.162 e. The number of anilines is 1. The molecule has 0 radical (unpaired) electrons. The van der Waals surface area contributed by atoms with Crippen LogP contribution in [-0.2, 0) is 7.05 Å². The summed E-state index contributed by atoms with van der Waals surface area (Å²) >= 11 is 0. The fourth-order valence-corrected chi connectivity index (χ4v) is 1.92. The maximum absolute atomic E-state index is 5.29. The predicted octanol–water partition coefficient (Wildman–Crippen LogP) is 2.61. The molecule has 19 heavy (non-hydrogen) atoms. The van der Waals surface area contributed by atoms with E-state index in [1.807, 2.05) is 37.6 Å². The molecule has 1 heterocycles. The molecule has 0 aliphatic carbocycles. The normalized spacial score (nSPS) is 12.0. The third-order valence-corrected chi connectivity index (χ3v) is 2.99. The summed E-state index contributed by atoms with van der Waals surface area (Å²) in [4.78, 5) is 0. The maximum atomic E-state index is 5.29. The minimum Gasteiger partial charge on any atom is -0.493 e. The third kappa shape index (κ3) is 2.99. The number of nitrogens with one attached hydrogen (secondary N) is 1. The van der Waals surface area contributed by atoms with E-state index in [0.29, 0.717) is 5.75 Å². The molecule has 2 rings (SSSR count). The number of methoxy groups -OCH3 is 2. The monoisotopic (exact) mass is 261 g/mol. The van der Waals surface area contributed by atoms with Crippen LogP contribution in [0.5, 0.6) is 11.5 Å². The van der Waals surface area contributed by atoms with Crippen LogP contribution in [0.3, 0.4) is 0 Å². The van der Waals surface area contributed by atoms with E-state index in [-0.39, 0.29) is 6.04 Å². The highest BCUT2D eigenvalue weighted by Crippen LogP contribution is 2.31. The molecule has 0 fully saturated rings. The zero-order valence-electron chi connectivity index (χ0n) is 11.7. The first-order chi connectivity index (χ1) is 9.13. The van der Waals surface area contributed by atoms with Gasteiger partial charge in [0.05, 0.1) is 26.5 Å². The number of ether oxygens (including phenoxy) is 2. The van der Waals surface area contributed by atoms with Crippen molar-refractivity contribution in [1.29, 1.82) is 0 Å². The highest BCUT2D eigenvalue weighted by atomic mass is 16.5.